The largest absolute Gasteiger partial charge is 0.456 e. The van der Waals surface area contributed by atoms with Crippen molar-refractivity contribution >= 4 is 81.1 Å². The number of hydrogen-bond donors (Lipinski definition) is 2. The molecule has 1 aliphatic heterocycles. The third kappa shape index (κ3) is 5.22. The second-order valence-corrected chi connectivity index (χ2v) is 15.9. The maximum Gasteiger partial charge on any atom is 0.142 e. The van der Waals surface area contributed by atoms with Crippen molar-refractivity contribution in [1.29, 1.82) is 0 Å². The lowest BCUT2D eigenvalue weighted by Gasteiger charge is -2.32. The van der Waals surface area contributed by atoms with E-state index in [1.165, 1.54) is 47.7 Å². The number of nitrogens with one attached hydrogen (secondary N) is 2. The maximum absolute atomic E-state index is 6.83. The van der Waals surface area contributed by atoms with Crippen LogP contribution in [0.1, 0.15) is 29.0 Å². The van der Waals surface area contributed by atoms with Crippen LogP contribution in [0.2, 0.25) is 0 Å². The third-order valence-corrected chi connectivity index (χ3v) is 12.6. The van der Waals surface area contributed by atoms with Gasteiger partial charge in [0.05, 0.1) is 11.0 Å². The number of hydrogen-bond acceptors (Lipinski definition) is 5. The quantitative estimate of drug-likeness (QED) is 0.184. The van der Waals surface area contributed by atoms with Gasteiger partial charge in [-0.1, -0.05) is 127 Å². The van der Waals surface area contributed by atoms with E-state index < -0.39 is 0 Å². The van der Waals surface area contributed by atoms with Gasteiger partial charge in [-0.3, -0.25) is 5.32 Å². The SMILES string of the molecule is c1ccc(C2=NC(c3ccccc3)NC(c3cccc4c3oc3cc(-c5ccc6sc7ccc(-n8c9ccccc9c9ccccc98)cc7c6c5)ccc34)N2)cc1. The fraction of sp³-hybridized carbons (Fsp3) is 0.0392. The molecule has 11 aromatic rings. The molecule has 4 heterocycles. The van der Waals surface area contributed by atoms with E-state index in [1.54, 1.807) is 0 Å². The molecule has 8 aromatic carbocycles. The van der Waals surface area contributed by atoms with Crippen molar-refractivity contribution in [3.05, 3.63) is 199 Å². The monoisotopic (exact) mass is 750 g/mol. The number of thiophene rings is 1. The highest BCUT2D eigenvalue weighted by molar-refractivity contribution is 7.25. The van der Waals surface area contributed by atoms with Gasteiger partial charge in [-0.25, -0.2) is 4.99 Å². The fourth-order valence-corrected chi connectivity index (χ4v) is 9.85. The Morgan fingerprint density at radius 2 is 1.16 bits per heavy atom. The second-order valence-electron chi connectivity index (χ2n) is 14.8. The summed E-state index contributed by atoms with van der Waals surface area (Å²) in [5, 5.41) is 14.7. The Morgan fingerprint density at radius 3 is 1.95 bits per heavy atom. The number of aliphatic imine (C=N–C) groups is 1. The number of fused-ring (bicyclic) bond motifs is 9. The van der Waals surface area contributed by atoms with E-state index in [-0.39, 0.29) is 12.3 Å². The molecule has 0 aliphatic carbocycles. The molecule has 0 saturated heterocycles. The van der Waals surface area contributed by atoms with Crippen LogP contribution in [0.5, 0.6) is 0 Å². The molecule has 12 rings (SSSR count). The molecule has 2 N–H and O–H groups in total. The average Bonchev–Trinajstić information content (AvgIpc) is 3.95. The molecule has 0 amide bonds. The summed E-state index contributed by atoms with van der Waals surface area (Å²) in [5.41, 5.74) is 10.8. The van der Waals surface area contributed by atoms with Gasteiger partial charge in [0.25, 0.3) is 0 Å². The van der Waals surface area contributed by atoms with E-state index in [4.69, 9.17) is 9.41 Å². The van der Waals surface area contributed by atoms with Crippen LogP contribution in [0, 0.1) is 0 Å². The van der Waals surface area contributed by atoms with Crippen molar-refractivity contribution in [2.45, 2.75) is 12.3 Å². The summed E-state index contributed by atoms with van der Waals surface area (Å²) in [6.07, 6.45) is -0.451. The van der Waals surface area contributed by atoms with Crippen LogP contribution in [0.15, 0.2) is 191 Å². The lowest BCUT2D eigenvalue weighted by Crippen LogP contribution is -2.45. The van der Waals surface area contributed by atoms with Gasteiger partial charge in [0.1, 0.15) is 29.3 Å². The Kier molecular flexibility index (Phi) is 7.24. The van der Waals surface area contributed by atoms with Gasteiger partial charge in [0.15, 0.2) is 0 Å². The highest BCUT2D eigenvalue weighted by atomic mass is 32.1. The van der Waals surface area contributed by atoms with Crippen LogP contribution in [0.4, 0.5) is 0 Å². The fourth-order valence-electron chi connectivity index (χ4n) is 8.78. The molecule has 0 bridgehead atoms. The van der Waals surface area contributed by atoms with Crippen molar-refractivity contribution in [1.82, 2.24) is 15.2 Å². The summed E-state index contributed by atoms with van der Waals surface area (Å²) in [5.74, 6) is 0.849. The standard InChI is InChI=1S/C51H34N4OS/c1-3-12-31(13-4-1)49-52-50(32-14-5-2-6-15-32)54-51(53-49)40-19-11-18-39-38-25-22-34(29-45(38)56-48(39)40)33-23-26-46-41(28-33)42-30-35(24-27-47(42)57-46)55-43-20-9-7-16-36(43)37-17-8-10-21-44(37)55/h1-30,49,51,53H,(H,52,54). The molecule has 3 aromatic heterocycles. The maximum atomic E-state index is 6.83. The zero-order valence-electron chi connectivity index (χ0n) is 30.7. The molecule has 6 heteroatoms. The minimum atomic E-state index is -0.228. The van der Waals surface area contributed by atoms with Crippen LogP contribution in [-0.4, -0.2) is 10.4 Å². The molecule has 2 unspecified atom stereocenters. The number of rotatable bonds is 5. The summed E-state index contributed by atoms with van der Waals surface area (Å²) in [7, 11) is 0. The molecule has 0 saturated carbocycles. The van der Waals surface area contributed by atoms with Gasteiger partial charge in [-0.05, 0) is 71.3 Å². The van der Waals surface area contributed by atoms with Gasteiger partial charge in [-0.2, -0.15) is 0 Å². The van der Waals surface area contributed by atoms with Gasteiger partial charge in [0.2, 0.25) is 0 Å². The first kappa shape index (κ1) is 32.3. The number of nitrogens with zero attached hydrogens (tertiary/aromatic N) is 2. The average molecular weight is 751 g/mol. The first-order chi connectivity index (χ1) is 28.2. The zero-order valence-corrected chi connectivity index (χ0v) is 31.5. The van der Waals surface area contributed by atoms with Crippen molar-refractivity contribution in [2.75, 3.05) is 0 Å². The van der Waals surface area contributed by atoms with E-state index >= 15 is 0 Å². The molecule has 2 atom stereocenters. The molecular weight excluding hydrogens is 717 g/mol. The second kappa shape index (κ2) is 12.8. The Hall–Kier alpha value is -6.99. The minimum absolute atomic E-state index is 0.222. The molecule has 57 heavy (non-hydrogen) atoms. The van der Waals surface area contributed by atoms with Gasteiger partial charge >= 0.3 is 0 Å². The molecular formula is C51H34N4OS. The number of amidine groups is 1. The van der Waals surface area contributed by atoms with E-state index in [0.29, 0.717) is 0 Å². The van der Waals surface area contributed by atoms with Gasteiger partial charge in [0, 0.05) is 58.5 Å². The predicted molar refractivity (Wildman–Crippen MR) is 238 cm³/mol. The van der Waals surface area contributed by atoms with Crippen LogP contribution < -0.4 is 10.6 Å². The van der Waals surface area contributed by atoms with E-state index in [0.717, 1.165) is 55.6 Å². The summed E-state index contributed by atoms with van der Waals surface area (Å²) < 4.78 is 11.8. The van der Waals surface area contributed by atoms with Crippen LogP contribution in [0.3, 0.4) is 0 Å². The molecule has 0 fully saturated rings. The molecule has 1 aliphatic rings. The Balaban J connectivity index is 0.942. The van der Waals surface area contributed by atoms with Crippen molar-refractivity contribution in [3.63, 3.8) is 0 Å². The first-order valence-electron chi connectivity index (χ1n) is 19.3. The Labute approximate surface area is 332 Å². The van der Waals surface area contributed by atoms with Gasteiger partial charge < -0.3 is 14.3 Å². The highest BCUT2D eigenvalue weighted by Gasteiger charge is 2.28. The normalized spacial score (nSPS) is 15.9. The zero-order chi connectivity index (χ0) is 37.5. The van der Waals surface area contributed by atoms with Gasteiger partial charge in [-0.15, -0.1) is 11.3 Å². The van der Waals surface area contributed by atoms with Crippen molar-refractivity contribution in [2.24, 2.45) is 4.99 Å². The van der Waals surface area contributed by atoms with Crippen molar-refractivity contribution < 1.29 is 4.42 Å². The minimum Gasteiger partial charge on any atom is -0.456 e. The smallest absolute Gasteiger partial charge is 0.142 e. The molecule has 0 spiro atoms. The van der Waals surface area contributed by atoms with E-state index in [9.17, 15) is 0 Å². The van der Waals surface area contributed by atoms with Crippen LogP contribution in [0.25, 0.3) is 80.7 Å². The molecule has 0 radical (unpaired) electrons. The van der Waals surface area contributed by atoms with Crippen LogP contribution >= 0.6 is 11.3 Å². The summed E-state index contributed by atoms with van der Waals surface area (Å²) >= 11 is 1.85. The lowest BCUT2D eigenvalue weighted by atomic mass is 10.0. The summed E-state index contributed by atoms with van der Waals surface area (Å²) in [6.45, 7) is 0. The predicted octanol–water partition coefficient (Wildman–Crippen LogP) is 13.1. The van der Waals surface area contributed by atoms with Crippen molar-refractivity contribution in [3.8, 4) is 16.8 Å². The Morgan fingerprint density at radius 1 is 0.509 bits per heavy atom. The summed E-state index contributed by atoms with van der Waals surface area (Å²) in [6, 6.07) is 65.0. The first-order valence-corrected chi connectivity index (χ1v) is 20.2. The molecule has 5 nitrogen and oxygen atoms in total. The van der Waals surface area contributed by atoms with Crippen LogP contribution in [-0.2, 0) is 0 Å². The lowest BCUT2D eigenvalue weighted by molar-refractivity contribution is 0.408. The highest BCUT2D eigenvalue weighted by Crippen LogP contribution is 2.41. The van der Waals surface area contributed by atoms with E-state index in [2.05, 4.69) is 185 Å². The van der Waals surface area contributed by atoms with E-state index in [1.807, 2.05) is 23.5 Å². The Bertz CT molecular complexity index is 3320. The number of para-hydroxylation sites is 3. The number of furan rings is 1. The number of benzene rings is 8. The third-order valence-electron chi connectivity index (χ3n) is 11.5. The molecule has 270 valence electrons. The topological polar surface area (TPSA) is 54.5 Å². The number of aromatic nitrogens is 1. The summed E-state index contributed by atoms with van der Waals surface area (Å²) in [4.78, 5) is 5.11.